The molecule has 1 rings (SSSR count). The Morgan fingerprint density at radius 1 is 1.46 bits per heavy atom. The van der Waals surface area contributed by atoms with Crippen molar-refractivity contribution in [3.63, 3.8) is 0 Å². The van der Waals surface area contributed by atoms with Gasteiger partial charge in [0.05, 0.1) is 0 Å². The van der Waals surface area contributed by atoms with Crippen LogP contribution < -0.4 is 5.73 Å². The lowest BCUT2D eigenvalue weighted by Crippen LogP contribution is -2.20. The summed E-state index contributed by atoms with van der Waals surface area (Å²) in [5.41, 5.74) is 5.89. The zero-order valence-electron chi connectivity index (χ0n) is 8.41. The maximum atomic E-state index is 5.65. The van der Waals surface area contributed by atoms with E-state index in [0.717, 1.165) is 12.2 Å². The monoisotopic (exact) mass is 183 g/mol. The molecule has 0 saturated heterocycles. The van der Waals surface area contributed by atoms with Gasteiger partial charge in [-0.1, -0.05) is 26.0 Å². The van der Waals surface area contributed by atoms with Crippen molar-refractivity contribution in [3.05, 3.63) is 5.82 Å². The molecule has 0 spiro atoms. The highest BCUT2D eigenvalue weighted by atomic mass is 15.5. The zero-order chi connectivity index (χ0) is 9.90. The average molecular weight is 183 g/mol. The minimum Gasteiger partial charge on any atom is -0.330 e. The summed E-state index contributed by atoms with van der Waals surface area (Å²) in [4.78, 5) is 0. The standard InChI is InChI=1S/C8H17N5/c1-8(2,3)4-6(5-9)7-10-12-13-11-7/h6H,4-5,9H2,1-3H3,(H,10,11,12,13). The first kappa shape index (κ1) is 10.1. The highest BCUT2D eigenvalue weighted by molar-refractivity contribution is 4.93. The normalized spacial score (nSPS) is 14.5. The van der Waals surface area contributed by atoms with E-state index >= 15 is 0 Å². The number of nitrogens with one attached hydrogen (secondary N) is 1. The van der Waals surface area contributed by atoms with Crippen LogP contribution in [-0.2, 0) is 0 Å². The summed E-state index contributed by atoms with van der Waals surface area (Å²) < 4.78 is 0. The predicted octanol–water partition coefficient (Wildman–Crippen LogP) is 0.678. The van der Waals surface area contributed by atoms with Crippen LogP contribution >= 0.6 is 0 Å². The molecule has 13 heavy (non-hydrogen) atoms. The second kappa shape index (κ2) is 3.83. The van der Waals surface area contributed by atoms with Crippen molar-refractivity contribution in [3.8, 4) is 0 Å². The van der Waals surface area contributed by atoms with E-state index in [1.54, 1.807) is 0 Å². The minimum atomic E-state index is 0.207. The zero-order valence-corrected chi connectivity index (χ0v) is 8.41. The summed E-state index contributed by atoms with van der Waals surface area (Å²) in [5.74, 6) is 0.927. The van der Waals surface area contributed by atoms with Crippen molar-refractivity contribution < 1.29 is 0 Å². The van der Waals surface area contributed by atoms with Crippen molar-refractivity contribution in [1.82, 2.24) is 20.6 Å². The number of H-pyrrole nitrogens is 1. The Morgan fingerprint density at radius 2 is 2.15 bits per heavy atom. The highest BCUT2D eigenvalue weighted by Gasteiger charge is 2.21. The first-order valence-corrected chi connectivity index (χ1v) is 4.46. The third-order valence-electron chi connectivity index (χ3n) is 1.87. The van der Waals surface area contributed by atoms with Crippen molar-refractivity contribution in [2.45, 2.75) is 33.1 Å². The van der Waals surface area contributed by atoms with Crippen molar-refractivity contribution in [1.29, 1.82) is 0 Å². The van der Waals surface area contributed by atoms with E-state index in [0.29, 0.717) is 6.54 Å². The number of rotatable bonds is 3. The molecule has 74 valence electrons. The molecule has 0 bridgehead atoms. The molecule has 1 aromatic heterocycles. The first-order valence-electron chi connectivity index (χ1n) is 4.46. The summed E-state index contributed by atoms with van der Waals surface area (Å²) in [5, 5.41) is 13.9. The number of nitrogens with two attached hydrogens (primary N) is 1. The van der Waals surface area contributed by atoms with Crippen LogP contribution in [0.25, 0.3) is 0 Å². The number of aromatic amines is 1. The van der Waals surface area contributed by atoms with E-state index in [9.17, 15) is 0 Å². The second-order valence-corrected chi connectivity index (χ2v) is 4.47. The second-order valence-electron chi connectivity index (χ2n) is 4.47. The minimum absolute atomic E-state index is 0.207. The van der Waals surface area contributed by atoms with Crippen molar-refractivity contribution >= 4 is 0 Å². The molecule has 1 unspecified atom stereocenters. The third-order valence-corrected chi connectivity index (χ3v) is 1.87. The highest BCUT2D eigenvalue weighted by Crippen LogP contribution is 2.28. The molecular weight excluding hydrogens is 166 g/mol. The van der Waals surface area contributed by atoms with E-state index in [4.69, 9.17) is 5.73 Å². The molecule has 5 nitrogen and oxygen atoms in total. The van der Waals surface area contributed by atoms with Crippen LogP contribution in [0.15, 0.2) is 0 Å². The maximum absolute atomic E-state index is 5.65. The molecule has 1 heterocycles. The van der Waals surface area contributed by atoms with Gasteiger partial charge in [0.1, 0.15) is 0 Å². The lowest BCUT2D eigenvalue weighted by atomic mass is 9.84. The van der Waals surface area contributed by atoms with Gasteiger partial charge >= 0.3 is 0 Å². The lowest BCUT2D eigenvalue weighted by Gasteiger charge is -2.22. The summed E-state index contributed by atoms with van der Waals surface area (Å²) in [6, 6.07) is 0. The van der Waals surface area contributed by atoms with Gasteiger partial charge in [0.2, 0.25) is 0 Å². The summed E-state index contributed by atoms with van der Waals surface area (Å²) in [6.45, 7) is 7.10. The molecule has 0 amide bonds. The van der Waals surface area contributed by atoms with Gasteiger partial charge < -0.3 is 5.73 Å². The van der Waals surface area contributed by atoms with Crippen LogP contribution in [0.2, 0.25) is 0 Å². The number of aromatic nitrogens is 4. The van der Waals surface area contributed by atoms with Crippen LogP contribution in [0.1, 0.15) is 38.9 Å². The molecule has 5 heteroatoms. The van der Waals surface area contributed by atoms with Crippen LogP contribution in [0.4, 0.5) is 0 Å². The van der Waals surface area contributed by atoms with Gasteiger partial charge in [0.15, 0.2) is 5.82 Å². The molecule has 0 aliphatic carbocycles. The lowest BCUT2D eigenvalue weighted by molar-refractivity contribution is 0.336. The molecule has 3 N–H and O–H groups in total. The Morgan fingerprint density at radius 3 is 2.54 bits per heavy atom. The van der Waals surface area contributed by atoms with Gasteiger partial charge in [-0.3, -0.25) is 0 Å². The Balaban J connectivity index is 2.64. The van der Waals surface area contributed by atoms with E-state index in [1.165, 1.54) is 0 Å². The van der Waals surface area contributed by atoms with E-state index in [1.807, 2.05) is 0 Å². The van der Waals surface area contributed by atoms with Gasteiger partial charge in [-0.25, -0.2) is 0 Å². The van der Waals surface area contributed by atoms with Gasteiger partial charge in [0, 0.05) is 12.5 Å². The summed E-state index contributed by atoms with van der Waals surface area (Å²) >= 11 is 0. The van der Waals surface area contributed by atoms with Crippen molar-refractivity contribution in [2.24, 2.45) is 11.1 Å². The Hall–Kier alpha value is -0.970. The molecule has 0 aliphatic heterocycles. The number of nitrogens with zero attached hydrogens (tertiary/aromatic N) is 3. The largest absolute Gasteiger partial charge is 0.330 e. The van der Waals surface area contributed by atoms with Crippen LogP contribution in [0.5, 0.6) is 0 Å². The fraction of sp³-hybridized carbons (Fsp3) is 0.875. The third kappa shape index (κ3) is 3.10. The molecule has 0 aromatic carbocycles. The predicted molar refractivity (Wildman–Crippen MR) is 50.0 cm³/mol. The quantitative estimate of drug-likeness (QED) is 0.722. The number of hydrogen-bond acceptors (Lipinski definition) is 4. The Kier molecular flexibility index (Phi) is 2.98. The molecule has 0 aliphatic rings. The summed E-state index contributed by atoms with van der Waals surface area (Å²) in [7, 11) is 0. The molecule has 1 atom stereocenters. The summed E-state index contributed by atoms with van der Waals surface area (Å²) in [6.07, 6.45) is 0.975. The number of hydrogen-bond donors (Lipinski definition) is 2. The molecule has 1 aromatic rings. The van der Waals surface area contributed by atoms with Gasteiger partial charge in [-0.15, -0.1) is 10.2 Å². The molecule has 0 fully saturated rings. The maximum Gasteiger partial charge on any atom is 0.178 e. The SMILES string of the molecule is CC(C)(C)CC(CN)c1nn[nH]n1. The first-order chi connectivity index (χ1) is 6.03. The van der Waals surface area contributed by atoms with Crippen LogP contribution in [0, 0.1) is 5.41 Å². The van der Waals surface area contributed by atoms with Crippen LogP contribution in [0.3, 0.4) is 0 Å². The fourth-order valence-electron chi connectivity index (χ4n) is 1.36. The van der Waals surface area contributed by atoms with Crippen LogP contribution in [-0.4, -0.2) is 27.2 Å². The topological polar surface area (TPSA) is 80.5 Å². The van der Waals surface area contributed by atoms with E-state index < -0.39 is 0 Å². The number of tetrazole rings is 1. The van der Waals surface area contributed by atoms with Gasteiger partial charge in [0.25, 0.3) is 0 Å². The molecule has 0 saturated carbocycles. The molecule has 0 radical (unpaired) electrons. The fourth-order valence-corrected chi connectivity index (χ4v) is 1.36. The van der Waals surface area contributed by atoms with E-state index in [2.05, 4.69) is 41.4 Å². The van der Waals surface area contributed by atoms with E-state index in [-0.39, 0.29) is 11.3 Å². The Labute approximate surface area is 78.1 Å². The smallest absolute Gasteiger partial charge is 0.178 e. The molecular formula is C8H17N5. The average Bonchev–Trinajstić information content (AvgIpc) is 2.50. The van der Waals surface area contributed by atoms with Gasteiger partial charge in [-0.2, -0.15) is 5.21 Å². The Bertz CT molecular complexity index is 236. The van der Waals surface area contributed by atoms with Crippen molar-refractivity contribution in [2.75, 3.05) is 6.54 Å². The van der Waals surface area contributed by atoms with Gasteiger partial charge in [-0.05, 0) is 11.8 Å².